The number of nitrogens with two attached hydrogens (primary N) is 1. The number of phenolic OH excluding ortho intramolecular Hbond substituents is 1. The summed E-state index contributed by atoms with van der Waals surface area (Å²) in [5.41, 5.74) is 7.52. The normalized spacial score (nSPS) is 16.3. The first-order chi connectivity index (χ1) is 16.2. The summed E-state index contributed by atoms with van der Waals surface area (Å²) < 4.78 is 29.5. The number of oxime groups is 1. The second kappa shape index (κ2) is 11.1. The Morgan fingerprint density at radius 1 is 1.18 bits per heavy atom. The molecule has 1 heterocycles. The molecule has 1 aliphatic rings. The minimum Gasteiger partial charge on any atom is -0.508 e. The summed E-state index contributed by atoms with van der Waals surface area (Å²) in [6.07, 6.45) is -1.73. The molecule has 2 aromatic carbocycles. The van der Waals surface area contributed by atoms with Gasteiger partial charge in [-0.2, -0.15) is 0 Å². The van der Waals surface area contributed by atoms with Crippen LogP contribution in [0.3, 0.4) is 0 Å². The van der Waals surface area contributed by atoms with Gasteiger partial charge in [0, 0.05) is 6.42 Å². The molecule has 2 aromatic rings. The fourth-order valence-corrected chi connectivity index (χ4v) is 4.21. The van der Waals surface area contributed by atoms with Crippen LogP contribution in [-0.4, -0.2) is 59.9 Å². The number of benzene rings is 2. The maximum Gasteiger partial charge on any atom is 0.417 e. The number of sulfone groups is 1. The number of hydrogen-bond donors (Lipinski definition) is 2. The van der Waals surface area contributed by atoms with Gasteiger partial charge in [0.25, 0.3) is 0 Å². The Bertz CT molecular complexity index is 1130. The van der Waals surface area contributed by atoms with Crippen molar-refractivity contribution in [2.24, 2.45) is 10.9 Å². The lowest BCUT2D eigenvalue weighted by Gasteiger charge is -2.25. The fraction of sp³-hybridized carbons (Fsp3) is 0.348. The molecule has 0 radical (unpaired) electrons. The van der Waals surface area contributed by atoms with Crippen molar-refractivity contribution < 1.29 is 32.7 Å². The van der Waals surface area contributed by atoms with Crippen molar-refractivity contribution in [2.45, 2.75) is 38.5 Å². The van der Waals surface area contributed by atoms with Crippen molar-refractivity contribution in [3.05, 3.63) is 65.7 Å². The van der Waals surface area contributed by atoms with Gasteiger partial charge in [0.2, 0.25) is 5.91 Å². The number of amides is 2. The summed E-state index contributed by atoms with van der Waals surface area (Å²) in [5, 5.41) is 12.9. The molecule has 0 saturated heterocycles. The number of carbonyl (C=O) groups excluding carboxylic acids is 2. The molecule has 11 heteroatoms. The van der Waals surface area contributed by atoms with Gasteiger partial charge < -0.3 is 20.4 Å². The summed E-state index contributed by atoms with van der Waals surface area (Å²) in [4.78, 5) is 32.0. The van der Waals surface area contributed by atoms with Gasteiger partial charge >= 0.3 is 6.09 Å². The minimum absolute atomic E-state index is 0.0614. The van der Waals surface area contributed by atoms with Gasteiger partial charge in [0.05, 0.1) is 18.3 Å². The summed E-state index contributed by atoms with van der Waals surface area (Å²) in [7, 11) is -3.55. The zero-order chi connectivity index (χ0) is 24.7. The fourth-order valence-electron chi connectivity index (χ4n) is 3.28. The van der Waals surface area contributed by atoms with E-state index >= 15 is 0 Å². The zero-order valence-corrected chi connectivity index (χ0v) is 19.5. The van der Waals surface area contributed by atoms with Gasteiger partial charge in [-0.1, -0.05) is 54.5 Å². The van der Waals surface area contributed by atoms with E-state index in [1.54, 1.807) is 36.4 Å². The highest BCUT2D eigenvalue weighted by Crippen LogP contribution is 2.18. The monoisotopic (exact) mass is 489 g/mol. The van der Waals surface area contributed by atoms with E-state index in [0.29, 0.717) is 5.56 Å². The van der Waals surface area contributed by atoms with E-state index in [-0.39, 0.29) is 42.5 Å². The third-order valence-corrected chi connectivity index (χ3v) is 6.95. The van der Waals surface area contributed by atoms with Crippen molar-refractivity contribution >= 4 is 26.9 Å². The molecule has 0 saturated carbocycles. The van der Waals surface area contributed by atoms with E-state index in [0.717, 1.165) is 10.5 Å². The molecule has 3 N–H and O–H groups in total. The van der Waals surface area contributed by atoms with Crippen LogP contribution in [0.25, 0.3) is 0 Å². The minimum atomic E-state index is -3.55. The Hall–Kier alpha value is -3.44. The lowest BCUT2D eigenvalue weighted by Crippen LogP contribution is -2.50. The van der Waals surface area contributed by atoms with Gasteiger partial charge in [-0.05, 0) is 29.7 Å². The molecule has 34 heavy (non-hydrogen) atoms. The Labute approximate surface area is 197 Å². The molecule has 2 amide bonds. The van der Waals surface area contributed by atoms with Crippen LogP contribution in [0.4, 0.5) is 4.79 Å². The molecule has 1 aliphatic heterocycles. The summed E-state index contributed by atoms with van der Waals surface area (Å²) >= 11 is 0. The lowest BCUT2D eigenvalue weighted by atomic mass is 10.1. The number of nitrogens with zero attached hydrogens (tertiary/aromatic N) is 2. The molecule has 182 valence electrons. The largest absolute Gasteiger partial charge is 0.508 e. The number of imide groups is 1. The summed E-state index contributed by atoms with van der Waals surface area (Å²) in [5.74, 6) is -0.770. The summed E-state index contributed by atoms with van der Waals surface area (Å²) in [6.45, 7) is 1.15. The van der Waals surface area contributed by atoms with Crippen molar-refractivity contribution in [3.63, 3.8) is 0 Å². The Morgan fingerprint density at radius 2 is 1.85 bits per heavy atom. The highest BCUT2D eigenvalue weighted by molar-refractivity contribution is 8.06. The van der Waals surface area contributed by atoms with Crippen LogP contribution in [0.5, 0.6) is 5.75 Å². The highest BCUT2D eigenvalue weighted by Gasteiger charge is 2.36. The molecule has 1 unspecified atom stereocenters. The van der Waals surface area contributed by atoms with Crippen LogP contribution in [0.2, 0.25) is 0 Å². The van der Waals surface area contributed by atoms with E-state index in [1.165, 1.54) is 19.1 Å². The molecule has 10 nitrogen and oxygen atoms in total. The lowest BCUT2D eigenvalue weighted by molar-refractivity contribution is -0.132. The average Bonchev–Trinajstić information content (AvgIpc) is 3.32. The quantitative estimate of drug-likeness (QED) is 0.572. The van der Waals surface area contributed by atoms with Crippen LogP contribution in [0.1, 0.15) is 24.5 Å². The Kier molecular flexibility index (Phi) is 8.24. The van der Waals surface area contributed by atoms with Crippen molar-refractivity contribution in [1.82, 2.24) is 4.90 Å². The SMILES string of the molecule is CCS(=O)(=O)C1=NOC(CN(C(=O)OCc2ccccc2)C(=O)[C@@H](N)Cc2ccc(O)cc2)C1. The molecule has 0 aliphatic carbocycles. The Balaban J connectivity index is 1.71. The molecule has 0 aromatic heterocycles. The number of carbonyl (C=O) groups is 2. The first kappa shape index (κ1) is 25.2. The second-order valence-electron chi connectivity index (χ2n) is 7.79. The van der Waals surface area contributed by atoms with Crippen molar-refractivity contribution in [3.8, 4) is 5.75 Å². The average molecular weight is 490 g/mol. The van der Waals surface area contributed by atoms with Crippen LogP contribution >= 0.6 is 0 Å². The molecule has 0 bridgehead atoms. The van der Waals surface area contributed by atoms with Crippen LogP contribution in [-0.2, 0) is 37.2 Å². The maximum atomic E-state index is 13.1. The summed E-state index contributed by atoms with van der Waals surface area (Å²) in [6, 6.07) is 14.0. The highest BCUT2D eigenvalue weighted by atomic mass is 32.2. The first-order valence-electron chi connectivity index (χ1n) is 10.7. The number of hydrogen-bond acceptors (Lipinski definition) is 9. The topological polar surface area (TPSA) is 149 Å². The maximum absolute atomic E-state index is 13.1. The predicted octanol–water partition coefficient (Wildman–Crippen LogP) is 1.96. The molecular weight excluding hydrogens is 462 g/mol. The van der Waals surface area contributed by atoms with Crippen LogP contribution < -0.4 is 5.73 Å². The first-order valence-corrected chi connectivity index (χ1v) is 12.4. The van der Waals surface area contributed by atoms with E-state index in [9.17, 15) is 23.1 Å². The van der Waals surface area contributed by atoms with Crippen molar-refractivity contribution in [1.29, 1.82) is 0 Å². The standard InChI is InChI=1S/C23H27N3O7S/c1-2-34(30,31)21-13-19(33-25-21)14-26(23(29)32-15-17-6-4-3-5-7-17)22(28)20(24)12-16-8-10-18(27)11-9-16/h3-11,19-20,27H,2,12-15,24H2,1H3/t19?,20-/m0/s1. The van der Waals surface area contributed by atoms with Gasteiger partial charge in [0.1, 0.15) is 12.4 Å². The Morgan fingerprint density at radius 3 is 2.50 bits per heavy atom. The van der Waals surface area contributed by atoms with Crippen LogP contribution in [0, 0.1) is 0 Å². The molecule has 0 fully saturated rings. The number of rotatable bonds is 8. The van der Waals surface area contributed by atoms with E-state index in [4.69, 9.17) is 15.3 Å². The van der Waals surface area contributed by atoms with Gasteiger partial charge in [-0.15, -0.1) is 0 Å². The predicted molar refractivity (Wildman–Crippen MR) is 125 cm³/mol. The molecule has 2 atom stereocenters. The van der Waals surface area contributed by atoms with E-state index in [2.05, 4.69) is 5.16 Å². The van der Waals surface area contributed by atoms with E-state index in [1.807, 2.05) is 6.07 Å². The smallest absolute Gasteiger partial charge is 0.417 e. The number of aromatic hydroxyl groups is 1. The molecular formula is C23H27N3O7S. The van der Waals surface area contributed by atoms with E-state index < -0.39 is 34.0 Å². The second-order valence-corrected chi connectivity index (χ2v) is 10.1. The number of ether oxygens (including phenoxy) is 1. The van der Waals surface area contributed by atoms with Crippen LogP contribution in [0.15, 0.2) is 59.8 Å². The van der Waals surface area contributed by atoms with Crippen molar-refractivity contribution in [2.75, 3.05) is 12.3 Å². The molecule has 0 spiro atoms. The number of phenols is 1. The van der Waals surface area contributed by atoms with Gasteiger partial charge in [-0.3, -0.25) is 4.79 Å². The third kappa shape index (κ3) is 6.55. The zero-order valence-electron chi connectivity index (χ0n) is 18.7. The molecule has 3 rings (SSSR count). The third-order valence-electron chi connectivity index (χ3n) is 5.23. The van der Waals surface area contributed by atoms with Gasteiger partial charge in [0.15, 0.2) is 21.0 Å². The van der Waals surface area contributed by atoms with Gasteiger partial charge in [-0.25, -0.2) is 18.1 Å².